The number of thioether (sulfide) groups is 1. The zero-order chi connectivity index (χ0) is 15.7. The molecule has 6 heteroatoms. The molecule has 1 aromatic rings. The predicted octanol–water partition coefficient (Wildman–Crippen LogP) is 2.29. The van der Waals surface area contributed by atoms with Gasteiger partial charge in [-0.25, -0.2) is 4.98 Å². The van der Waals surface area contributed by atoms with Crippen molar-refractivity contribution < 1.29 is 4.74 Å². The van der Waals surface area contributed by atoms with Gasteiger partial charge in [0.2, 0.25) is 5.88 Å². The van der Waals surface area contributed by atoms with Crippen LogP contribution in [0, 0.1) is 0 Å². The van der Waals surface area contributed by atoms with Crippen molar-refractivity contribution >= 4 is 17.7 Å². The summed E-state index contributed by atoms with van der Waals surface area (Å²) < 4.78 is 5.69. The number of ether oxygens (including phenoxy) is 1. The summed E-state index contributed by atoms with van der Waals surface area (Å²) in [4.78, 5) is 8.48. The highest BCUT2D eigenvalue weighted by Crippen LogP contribution is 2.19. The van der Waals surface area contributed by atoms with Crippen LogP contribution in [0.4, 0.5) is 0 Å². The maximum atomic E-state index is 5.52. The molecule has 0 aliphatic heterocycles. The maximum Gasteiger partial charge on any atom is 0.218 e. The number of nitrogens with zero attached hydrogens (tertiary/aromatic N) is 2. The quantitative estimate of drug-likeness (QED) is 0.598. The van der Waals surface area contributed by atoms with E-state index in [-0.39, 0.29) is 4.75 Å². The number of hydrogen-bond acceptors (Lipinski definition) is 4. The number of aliphatic imine (C=N–C) groups is 1. The summed E-state index contributed by atoms with van der Waals surface area (Å²) in [7, 11) is 1.77. The maximum absolute atomic E-state index is 5.52. The standard InChI is InChI=1S/C15H26N4OS/c1-6-20-13-12(8-7-9-17-13)10-18-14(16-4)19-11-15(2,3)21-5/h7-9H,6,10-11H2,1-5H3,(H2,16,18,19). The van der Waals surface area contributed by atoms with E-state index in [9.17, 15) is 0 Å². The first kappa shape index (κ1) is 17.6. The molecule has 21 heavy (non-hydrogen) atoms. The molecule has 0 fully saturated rings. The largest absolute Gasteiger partial charge is 0.478 e. The minimum atomic E-state index is 0.169. The Kier molecular flexibility index (Phi) is 7.36. The fourth-order valence-electron chi connectivity index (χ4n) is 1.59. The van der Waals surface area contributed by atoms with Gasteiger partial charge in [0.1, 0.15) is 0 Å². The van der Waals surface area contributed by atoms with Crippen LogP contribution in [0.1, 0.15) is 26.3 Å². The summed E-state index contributed by atoms with van der Waals surface area (Å²) >= 11 is 1.83. The molecule has 1 aromatic heterocycles. The smallest absolute Gasteiger partial charge is 0.218 e. The van der Waals surface area contributed by atoms with Gasteiger partial charge >= 0.3 is 0 Å². The molecule has 0 saturated carbocycles. The molecule has 0 unspecified atom stereocenters. The Bertz CT molecular complexity index is 463. The topological polar surface area (TPSA) is 58.5 Å². The van der Waals surface area contributed by atoms with E-state index < -0.39 is 0 Å². The van der Waals surface area contributed by atoms with Crippen molar-refractivity contribution in [1.82, 2.24) is 15.6 Å². The second-order valence-corrected chi connectivity index (χ2v) is 6.66. The molecule has 2 N–H and O–H groups in total. The predicted molar refractivity (Wildman–Crippen MR) is 91.2 cm³/mol. The van der Waals surface area contributed by atoms with Crippen LogP contribution in [-0.2, 0) is 6.54 Å². The number of pyridine rings is 1. The zero-order valence-electron chi connectivity index (χ0n) is 13.6. The molecule has 0 radical (unpaired) electrons. The molecule has 118 valence electrons. The van der Waals surface area contributed by atoms with E-state index >= 15 is 0 Å². The third-order valence-electron chi connectivity index (χ3n) is 3.04. The van der Waals surface area contributed by atoms with E-state index in [1.807, 2.05) is 30.8 Å². The molecule has 0 atom stereocenters. The highest BCUT2D eigenvalue weighted by molar-refractivity contribution is 7.99. The number of nitrogens with one attached hydrogen (secondary N) is 2. The van der Waals surface area contributed by atoms with E-state index in [2.05, 4.69) is 40.7 Å². The molecule has 0 aliphatic carbocycles. The third-order valence-corrected chi connectivity index (χ3v) is 4.28. The van der Waals surface area contributed by atoms with Crippen LogP contribution in [-0.4, -0.2) is 42.1 Å². The summed E-state index contributed by atoms with van der Waals surface area (Å²) in [5, 5.41) is 6.63. The van der Waals surface area contributed by atoms with Gasteiger partial charge in [0.15, 0.2) is 5.96 Å². The van der Waals surface area contributed by atoms with Crippen LogP contribution in [0.5, 0.6) is 5.88 Å². The van der Waals surface area contributed by atoms with Gasteiger partial charge in [-0.1, -0.05) is 6.07 Å². The molecule has 0 bridgehead atoms. The van der Waals surface area contributed by atoms with Crippen LogP contribution in [0.15, 0.2) is 23.3 Å². The minimum Gasteiger partial charge on any atom is -0.478 e. The van der Waals surface area contributed by atoms with Crippen molar-refractivity contribution in [2.75, 3.05) is 26.5 Å². The highest BCUT2D eigenvalue weighted by Gasteiger charge is 2.16. The van der Waals surface area contributed by atoms with Crippen LogP contribution in [0.2, 0.25) is 0 Å². The van der Waals surface area contributed by atoms with Crippen LogP contribution in [0.25, 0.3) is 0 Å². The average molecular weight is 310 g/mol. The van der Waals surface area contributed by atoms with Crippen molar-refractivity contribution in [3.05, 3.63) is 23.9 Å². The fraction of sp³-hybridized carbons (Fsp3) is 0.600. The van der Waals surface area contributed by atoms with E-state index in [1.54, 1.807) is 13.2 Å². The lowest BCUT2D eigenvalue weighted by atomic mass is 10.2. The van der Waals surface area contributed by atoms with Crippen molar-refractivity contribution in [1.29, 1.82) is 0 Å². The Balaban J connectivity index is 2.56. The van der Waals surface area contributed by atoms with Gasteiger partial charge < -0.3 is 15.4 Å². The molecule has 0 amide bonds. The number of aromatic nitrogens is 1. The van der Waals surface area contributed by atoms with E-state index in [0.29, 0.717) is 19.0 Å². The average Bonchev–Trinajstić information content (AvgIpc) is 2.49. The molecule has 0 spiro atoms. The molecule has 1 rings (SSSR count). The first-order valence-corrected chi connectivity index (χ1v) is 8.31. The van der Waals surface area contributed by atoms with Gasteiger partial charge in [0.05, 0.1) is 6.61 Å². The van der Waals surface area contributed by atoms with Crippen molar-refractivity contribution in [3.8, 4) is 5.88 Å². The molecular formula is C15H26N4OS. The van der Waals surface area contributed by atoms with E-state index in [4.69, 9.17) is 4.74 Å². The minimum absolute atomic E-state index is 0.169. The number of rotatable bonds is 7. The SMILES string of the molecule is CCOc1ncccc1CNC(=NC)NCC(C)(C)SC. The van der Waals surface area contributed by atoms with Crippen LogP contribution >= 0.6 is 11.8 Å². The van der Waals surface area contributed by atoms with Gasteiger partial charge in [-0.15, -0.1) is 0 Å². The van der Waals surface area contributed by atoms with Gasteiger partial charge in [0, 0.05) is 36.6 Å². The summed E-state index contributed by atoms with van der Waals surface area (Å²) in [6.07, 6.45) is 3.85. The first-order chi connectivity index (χ1) is 10.0. The lowest BCUT2D eigenvalue weighted by molar-refractivity contribution is 0.322. The Morgan fingerprint density at radius 2 is 2.19 bits per heavy atom. The van der Waals surface area contributed by atoms with Crippen LogP contribution < -0.4 is 15.4 Å². The normalized spacial score (nSPS) is 12.1. The lowest BCUT2D eigenvalue weighted by Crippen LogP contribution is -2.43. The number of hydrogen-bond donors (Lipinski definition) is 2. The van der Waals surface area contributed by atoms with Gasteiger partial charge in [-0.3, -0.25) is 4.99 Å². The second-order valence-electron chi connectivity index (χ2n) is 5.14. The van der Waals surface area contributed by atoms with Gasteiger partial charge in [0.25, 0.3) is 0 Å². The second kappa shape index (κ2) is 8.77. The van der Waals surface area contributed by atoms with Crippen molar-refractivity contribution in [2.24, 2.45) is 4.99 Å². The van der Waals surface area contributed by atoms with Crippen LogP contribution in [0.3, 0.4) is 0 Å². The Labute approximate surface area is 132 Å². The van der Waals surface area contributed by atoms with Gasteiger partial charge in [-0.05, 0) is 33.1 Å². The Hall–Kier alpha value is -1.43. The molecule has 1 heterocycles. The highest BCUT2D eigenvalue weighted by atomic mass is 32.2. The third kappa shape index (κ3) is 6.25. The summed E-state index contributed by atoms with van der Waals surface area (Å²) in [5.41, 5.74) is 1.02. The lowest BCUT2D eigenvalue weighted by Gasteiger charge is -2.23. The summed E-state index contributed by atoms with van der Waals surface area (Å²) in [6.45, 7) is 8.44. The summed E-state index contributed by atoms with van der Waals surface area (Å²) in [6, 6.07) is 3.91. The van der Waals surface area contributed by atoms with E-state index in [1.165, 1.54) is 0 Å². The van der Waals surface area contributed by atoms with Gasteiger partial charge in [-0.2, -0.15) is 11.8 Å². The fourth-order valence-corrected chi connectivity index (χ4v) is 1.81. The molecule has 0 aromatic carbocycles. The zero-order valence-corrected chi connectivity index (χ0v) is 14.4. The molecular weight excluding hydrogens is 284 g/mol. The molecule has 0 aliphatic rings. The summed E-state index contributed by atoms with van der Waals surface area (Å²) in [5.74, 6) is 1.45. The monoisotopic (exact) mass is 310 g/mol. The molecule has 5 nitrogen and oxygen atoms in total. The van der Waals surface area contributed by atoms with E-state index in [0.717, 1.165) is 18.1 Å². The molecule has 0 saturated heterocycles. The first-order valence-electron chi connectivity index (χ1n) is 7.08. The number of guanidine groups is 1. The van der Waals surface area contributed by atoms with Crippen molar-refractivity contribution in [3.63, 3.8) is 0 Å². The van der Waals surface area contributed by atoms with Crippen molar-refractivity contribution in [2.45, 2.75) is 32.1 Å². The Morgan fingerprint density at radius 3 is 2.81 bits per heavy atom. The Morgan fingerprint density at radius 1 is 1.43 bits per heavy atom.